The van der Waals surface area contributed by atoms with E-state index in [2.05, 4.69) is 25.7 Å². The maximum Gasteiger partial charge on any atom is 0.290 e. The highest BCUT2D eigenvalue weighted by Gasteiger charge is 2.47. The second kappa shape index (κ2) is 13.8. The highest BCUT2D eigenvalue weighted by Crippen LogP contribution is 2.39. The van der Waals surface area contributed by atoms with Crippen molar-refractivity contribution in [3.05, 3.63) is 48.0 Å². The number of nitrogens with zero attached hydrogens (tertiary/aromatic N) is 9. The number of aliphatic hydroxyl groups is 3. The molecule has 4 atom stereocenters. The van der Waals surface area contributed by atoms with Crippen molar-refractivity contribution in [2.24, 2.45) is 0 Å². The first-order valence-corrected chi connectivity index (χ1v) is 14.2. The Morgan fingerprint density at radius 1 is 1.14 bits per heavy atom. The van der Waals surface area contributed by atoms with E-state index in [0.717, 1.165) is 31.2 Å². The Morgan fingerprint density at radius 3 is 2.56 bits per heavy atom. The van der Waals surface area contributed by atoms with Gasteiger partial charge in [-0.25, -0.2) is 4.98 Å². The van der Waals surface area contributed by atoms with Crippen molar-refractivity contribution in [1.29, 1.82) is 0 Å². The van der Waals surface area contributed by atoms with Gasteiger partial charge in [0, 0.05) is 12.6 Å². The lowest BCUT2D eigenvalue weighted by Gasteiger charge is -2.22. The summed E-state index contributed by atoms with van der Waals surface area (Å²) in [5.74, 6) is 1.07. The number of hydrogen-bond acceptors (Lipinski definition) is 13. The zero-order chi connectivity index (χ0) is 30.3. The van der Waals surface area contributed by atoms with E-state index in [0.29, 0.717) is 42.4 Å². The lowest BCUT2D eigenvalue weighted by molar-refractivity contribution is -0.122. The van der Waals surface area contributed by atoms with E-state index in [-0.39, 0.29) is 25.1 Å². The molecule has 0 bridgehead atoms. The van der Waals surface area contributed by atoms with Crippen molar-refractivity contribution in [2.45, 2.75) is 76.2 Å². The predicted octanol–water partition coefficient (Wildman–Crippen LogP) is 0.879. The summed E-state index contributed by atoms with van der Waals surface area (Å²) in [6, 6.07) is 10.3. The summed E-state index contributed by atoms with van der Waals surface area (Å²) in [6.07, 6.45) is 2.00. The molecule has 16 nitrogen and oxygen atoms in total. The first-order chi connectivity index (χ1) is 21.0. The van der Waals surface area contributed by atoms with Crippen LogP contribution >= 0.6 is 0 Å². The van der Waals surface area contributed by atoms with Gasteiger partial charge < -0.3 is 35.4 Å². The normalized spacial score (nSPS) is 22.0. The summed E-state index contributed by atoms with van der Waals surface area (Å²) in [5.41, 5.74) is 2.05. The Hall–Kier alpha value is -4.25. The van der Waals surface area contributed by atoms with Gasteiger partial charge in [0.25, 0.3) is 6.47 Å². The molecule has 1 saturated carbocycles. The molecule has 6 rings (SSSR count). The molecule has 1 aromatic carbocycles. The smallest absolute Gasteiger partial charge is 0.290 e. The van der Waals surface area contributed by atoms with Gasteiger partial charge in [-0.05, 0) is 37.0 Å². The SMILES string of the molecule is CCn1nnc([C@H]2O[C@@H](n3cnc4c(NC5CCCC5)nc(N(CO)CCc5ccccc5)nc43)[C@H](O)[C@@H]2O)n1.O=CO. The Balaban J connectivity index is 0.00000118. The molecule has 5 N–H and O–H groups in total. The van der Waals surface area contributed by atoms with E-state index in [1.54, 1.807) is 9.47 Å². The third-order valence-electron chi connectivity index (χ3n) is 7.59. The lowest BCUT2D eigenvalue weighted by Crippen LogP contribution is -2.30. The average Bonchev–Trinajstić information content (AvgIpc) is 3.83. The number of benzene rings is 1. The monoisotopic (exact) mass is 596 g/mol. The van der Waals surface area contributed by atoms with E-state index in [1.807, 2.05) is 37.3 Å². The number of aromatic nitrogens is 8. The molecule has 3 aromatic heterocycles. The number of aryl methyl sites for hydroxylation is 1. The quantitative estimate of drug-likeness (QED) is 0.127. The van der Waals surface area contributed by atoms with Crippen LogP contribution in [-0.4, -0.2) is 98.1 Å². The number of aliphatic hydroxyl groups excluding tert-OH is 3. The first kappa shape index (κ1) is 30.2. The summed E-state index contributed by atoms with van der Waals surface area (Å²) in [5, 5.41) is 54.7. The molecular formula is C27H36N10O6. The Bertz CT molecular complexity index is 1480. The third-order valence-corrected chi connectivity index (χ3v) is 7.59. The number of ether oxygens (including phenoxy) is 1. The molecule has 43 heavy (non-hydrogen) atoms. The summed E-state index contributed by atoms with van der Waals surface area (Å²) >= 11 is 0. The minimum Gasteiger partial charge on any atom is -0.483 e. The van der Waals surface area contributed by atoms with Gasteiger partial charge in [-0.3, -0.25) is 9.36 Å². The number of hydrogen-bond donors (Lipinski definition) is 5. The van der Waals surface area contributed by atoms with Crippen LogP contribution < -0.4 is 10.2 Å². The van der Waals surface area contributed by atoms with Crippen LogP contribution in [0.4, 0.5) is 11.8 Å². The molecule has 4 heterocycles. The highest BCUT2D eigenvalue weighted by atomic mass is 16.6. The van der Waals surface area contributed by atoms with Gasteiger partial charge >= 0.3 is 0 Å². The molecule has 2 fully saturated rings. The standard InChI is InChI=1S/C26H34N10O4.CH2O2/c1-2-36-32-23(31-33-36)21-19(38)20(39)25(40-21)35-14-27-18-22(28-17-10-6-7-11-17)29-26(30-24(18)35)34(15-37)13-12-16-8-4-3-5-9-16;2-1-3/h3-5,8-9,14,17,19-21,25,37-39H,2,6-7,10-13,15H2,1H3,(H,28,29,30);1H,(H,2,3)/t19-,20+,21-,25+;/m0./s1. The highest BCUT2D eigenvalue weighted by molar-refractivity contribution is 5.84. The van der Waals surface area contributed by atoms with Crippen LogP contribution in [0.1, 0.15) is 56.3 Å². The lowest BCUT2D eigenvalue weighted by atomic mass is 10.1. The van der Waals surface area contributed by atoms with Crippen LogP contribution in [-0.2, 0) is 22.5 Å². The van der Waals surface area contributed by atoms with Crippen LogP contribution in [0.15, 0.2) is 36.7 Å². The Morgan fingerprint density at radius 2 is 1.88 bits per heavy atom. The number of anilines is 2. The Labute approximate surface area is 247 Å². The molecule has 1 saturated heterocycles. The third kappa shape index (κ3) is 6.56. The minimum atomic E-state index is -1.30. The van der Waals surface area contributed by atoms with Crippen LogP contribution in [0.2, 0.25) is 0 Å². The summed E-state index contributed by atoms with van der Waals surface area (Å²) in [6.45, 7) is 2.34. The predicted molar refractivity (Wildman–Crippen MR) is 153 cm³/mol. The molecule has 0 amide bonds. The molecular weight excluding hydrogens is 560 g/mol. The molecule has 2 aliphatic rings. The number of carboxylic acid groups (broad SMARTS) is 1. The van der Waals surface area contributed by atoms with Crippen molar-refractivity contribution in [2.75, 3.05) is 23.5 Å². The van der Waals surface area contributed by atoms with Crippen molar-refractivity contribution >= 4 is 29.4 Å². The van der Waals surface area contributed by atoms with E-state index < -0.39 is 24.5 Å². The van der Waals surface area contributed by atoms with Crippen LogP contribution in [0.25, 0.3) is 11.2 Å². The van der Waals surface area contributed by atoms with Crippen molar-refractivity contribution in [3.63, 3.8) is 0 Å². The zero-order valence-corrected chi connectivity index (χ0v) is 23.7. The summed E-state index contributed by atoms with van der Waals surface area (Å²) < 4.78 is 7.68. The first-order valence-electron chi connectivity index (χ1n) is 14.2. The van der Waals surface area contributed by atoms with Gasteiger partial charge in [0.1, 0.15) is 18.9 Å². The number of tetrazole rings is 1. The molecule has 1 aliphatic carbocycles. The fraction of sp³-hybridized carbons (Fsp3) is 0.519. The molecule has 0 unspecified atom stereocenters. The fourth-order valence-electron chi connectivity index (χ4n) is 5.35. The number of fused-ring (bicyclic) bond motifs is 1. The van der Waals surface area contributed by atoms with E-state index >= 15 is 0 Å². The Kier molecular flexibility index (Phi) is 9.71. The van der Waals surface area contributed by atoms with E-state index in [1.165, 1.54) is 11.1 Å². The second-order valence-corrected chi connectivity index (χ2v) is 10.3. The minimum absolute atomic E-state index is 0.187. The molecule has 16 heteroatoms. The van der Waals surface area contributed by atoms with Crippen LogP contribution in [0.3, 0.4) is 0 Å². The second-order valence-electron chi connectivity index (χ2n) is 10.3. The topological polar surface area (TPSA) is 210 Å². The van der Waals surface area contributed by atoms with Crippen molar-refractivity contribution < 1.29 is 30.0 Å². The van der Waals surface area contributed by atoms with Crippen molar-refractivity contribution in [3.8, 4) is 0 Å². The maximum absolute atomic E-state index is 11.0. The number of imidazole rings is 1. The largest absolute Gasteiger partial charge is 0.483 e. The summed E-state index contributed by atoms with van der Waals surface area (Å²) in [7, 11) is 0. The van der Waals surface area contributed by atoms with E-state index in [9.17, 15) is 15.3 Å². The fourth-order valence-corrected chi connectivity index (χ4v) is 5.35. The molecule has 0 radical (unpaired) electrons. The van der Waals surface area contributed by atoms with Crippen LogP contribution in [0, 0.1) is 0 Å². The zero-order valence-electron chi connectivity index (χ0n) is 23.7. The van der Waals surface area contributed by atoms with Gasteiger partial charge in [0.2, 0.25) is 11.8 Å². The van der Waals surface area contributed by atoms with Crippen molar-refractivity contribution in [1.82, 2.24) is 39.7 Å². The van der Waals surface area contributed by atoms with Gasteiger partial charge in [0.15, 0.2) is 29.3 Å². The molecule has 4 aromatic rings. The van der Waals surface area contributed by atoms with Gasteiger partial charge in [-0.2, -0.15) is 14.8 Å². The number of carbonyl (C=O) groups is 1. The molecule has 0 spiro atoms. The maximum atomic E-state index is 11.0. The average molecular weight is 597 g/mol. The molecule has 230 valence electrons. The number of rotatable bonds is 10. The summed E-state index contributed by atoms with van der Waals surface area (Å²) in [4.78, 5) is 25.6. The van der Waals surface area contributed by atoms with Gasteiger partial charge in [-0.1, -0.05) is 43.2 Å². The van der Waals surface area contributed by atoms with Crippen LogP contribution in [0.5, 0.6) is 0 Å². The molecule has 1 aliphatic heterocycles. The number of nitrogens with one attached hydrogen (secondary N) is 1. The van der Waals surface area contributed by atoms with Gasteiger partial charge in [-0.15, -0.1) is 10.2 Å². The van der Waals surface area contributed by atoms with Gasteiger partial charge in [0.05, 0.1) is 12.9 Å². The van der Waals surface area contributed by atoms with E-state index in [4.69, 9.17) is 24.6 Å².